The minimum atomic E-state index is -4.16. The average molecular weight is 512 g/mol. The number of halogens is 1. The van der Waals surface area contributed by atoms with Crippen LogP contribution in [0.15, 0.2) is 47.6 Å². The van der Waals surface area contributed by atoms with Crippen LogP contribution in [0.4, 0.5) is 5.82 Å². The van der Waals surface area contributed by atoms with Crippen molar-refractivity contribution in [2.24, 2.45) is 0 Å². The number of ether oxygens (including phenoxy) is 5. The van der Waals surface area contributed by atoms with Crippen LogP contribution in [-0.4, -0.2) is 58.0 Å². The average Bonchev–Trinajstić information content (AvgIpc) is 2.84. The Morgan fingerprint density at radius 2 is 1.74 bits per heavy atom. The summed E-state index contributed by atoms with van der Waals surface area (Å²) < 4.78 is 55.4. The third-order valence-electron chi connectivity index (χ3n) is 4.35. The van der Waals surface area contributed by atoms with Gasteiger partial charge in [-0.2, -0.15) is 4.98 Å². The maximum Gasteiger partial charge on any atom is 0.263 e. The Bertz CT molecular complexity index is 1260. The molecule has 0 amide bonds. The van der Waals surface area contributed by atoms with Crippen molar-refractivity contribution >= 4 is 27.4 Å². The summed E-state index contributed by atoms with van der Waals surface area (Å²) in [6, 6.07) is 8.76. The SMILES string of the molecule is COc1ccc(Cl)c(Oc2c(NS(=O)(=O)c3ccc(OC)c(OC)c3)ncnc2OCCO)c1. The number of aromatic nitrogens is 2. The van der Waals surface area contributed by atoms with Crippen molar-refractivity contribution in [3.8, 4) is 34.6 Å². The third-order valence-corrected chi connectivity index (χ3v) is 6.00. The zero-order valence-corrected chi connectivity index (χ0v) is 20.0. The van der Waals surface area contributed by atoms with Crippen molar-refractivity contribution in [3.63, 3.8) is 0 Å². The molecule has 1 aromatic heterocycles. The molecule has 0 aliphatic carbocycles. The zero-order chi connectivity index (χ0) is 24.7. The van der Waals surface area contributed by atoms with Crippen LogP contribution in [0.25, 0.3) is 0 Å². The van der Waals surface area contributed by atoms with Crippen LogP contribution in [0.5, 0.6) is 34.6 Å². The number of hydrogen-bond acceptors (Lipinski definition) is 10. The fraction of sp³-hybridized carbons (Fsp3) is 0.238. The summed E-state index contributed by atoms with van der Waals surface area (Å²) in [4.78, 5) is 7.87. The molecule has 2 N–H and O–H groups in total. The molecule has 0 bridgehead atoms. The summed E-state index contributed by atoms with van der Waals surface area (Å²) in [7, 11) is 0.132. The Labute approximate surface area is 201 Å². The van der Waals surface area contributed by atoms with Crippen LogP contribution < -0.4 is 28.4 Å². The minimum Gasteiger partial charge on any atom is -0.497 e. The van der Waals surface area contributed by atoms with Crippen molar-refractivity contribution in [1.82, 2.24) is 9.97 Å². The predicted molar refractivity (Wildman–Crippen MR) is 123 cm³/mol. The lowest BCUT2D eigenvalue weighted by Gasteiger charge is -2.16. The molecule has 0 saturated carbocycles. The van der Waals surface area contributed by atoms with Gasteiger partial charge in [0, 0.05) is 12.1 Å². The van der Waals surface area contributed by atoms with E-state index in [0.29, 0.717) is 11.5 Å². The van der Waals surface area contributed by atoms with Gasteiger partial charge < -0.3 is 28.8 Å². The molecule has 13 heteroatoms. The molecule has 0 atom stereocenters. The van der Waals surface area contributed by atoms with Crippen molar-refractivity contribution in [2.75, 3.05) is 39.3 Å². The molecule has 1 heterocycles. The topological polar surface area (TPSA) is 138 Å². The molecule has 0 radical (unpaired) electrons. The number of methoxy groups -OCH3 is 3. The van der Waals surface area contributed by atoms with E-state index in [1.165, 1.54) is 45.6 Å². The number of rotatable bonds is 11. The molecule has 3 rings (SSSR count). The van der Waals surface area contributed by atoms with Crippen LogP contribution in [0.2, 0.25) is 5.02 Å². The van der Waals surface area contributed by atoms with Crippen molar-refractivity contribution in [3.05, 3.63) is 47.7 Å². The normalized spacial score (nSPS) is 11.0. The van der Waals surface area contributed by atoms with E-state index in [0.717, 1.165) is 6.33 Å². The fourth-order valence-corrected chi connectivity index (χ4v) is 3.92. The quantitative estimate of drug-likeness (QED) is 0.394. The van der Waals surface area contributed by atoms with Gasteiger partial charge in [0.1, 0.15) is 24.4 Å². The molecule has 0 fully saturated rings. The number of hydrogen-bond donors (Lipinski definition) is 2. The van der Waals surface area contributed by atoms with E-state index in [9.17, 15) is 8.42 Å². The second-order valence-corrected chi connectivity index (χ2v) is 8.54. The van der Waals surface area contributed by atoms with Gasteiger partial charge in [0.25, 0.3) is 15.9 Å². The van der Waals surface area contributed by atoms with Crippen molar-refractivity contribution < 1.29 is 37.2 Å². The van der Waals surface area contributed by atoms with Crippen LogP contribution in [0.3, 0.4) is 0 Å². The monoisotopic (exact) mass is 511 g/mol. The Morgan fingerprint density at radius 3 is 2.41 bits per heavy atom. The molecule has 182 valence electrons. The third kappa shape index (κ3) is 5.71. The zero-order valence-electron chi connectivity index (χ0n) is 18.4. The van der Waals surface area contributed by atoms with E-state index >= 15 is 0 Å². The number of aliphatic hydroxyl groups is 1. The fourth-order valence-electron chi connectivity index (χ4n) is 2.74. The van der Waals surface area contributed by atoms with Crippen LogP contribution >= 0.6 is 11.6 Å². The lowest BCUT2D eigenvalue weighted by atomic mass is 10.3. The van der Waals surface area contributed by atoms with E-state index in [2.05, 4.69) is 14.7 Å². The van der Waals surface area contributed by atoms with E-state index in [1.807, 2.05) is 0 Å². The lowest BCUT2D eigenvalue weighted by Crippen LogP contribution is -2.16. The first-order valence-corrected chi connectivity index (χ1v) is 11.5. The highest BCUT2D eigenvalue weighted by Crippen LogP contribution is 2.40. The van der Waals surface area contributed by atoms with Crippen molar-refractivity contribution in [1.29, 1.82) is 0 Å². The van der Waals surface area contributed by atoms with Gasteiger partial charge >= 0.3 is 0 Å². The number of nitrogens with zero attached hydrogens (tertiary/aromatic N) is 2. The molecule has 0 aliphatic heterocycles. The smallest absolute Gasteiger partial charge is 0.263 e. The summed E-state index contributed by atoms with van der Waals surface area (Å²) in [5, 5.41) is 9.35. The highest BCUT2D eigenvalue weighted by molar-refractivity contribution is 7.92. The molecule has 0 aliphatic rings. The molecule has 0 spiro atoms. The molecule has 11 nitrogen and oxygen atoms in total. The van der Waals surface area contributed by atoms with Gasteiger partial charge in [-0.25, -0.2) is 13.4 Å². The van der Waals surface area contributed by atoms with Gasteiger partial charge in [-0.15, -0.1) is 0 Å². The number of anilines is 1. The van der Waals surface area contributed by atoms with Crippen LogP contribution in [0.1, 0.15) is 0 Å². The van der Waals surface area contributed by atoms with E-state index < -0.39 is 10.0 Å². The van der Waals surface area contributed by atoms with Gasteiger partial charge in [0.2, 0.25) is 5.75 Å². The van der Waals surface area contributed by atoms with Gasteiger partial charge in [-0.3, -0.25) is 4.72 Å². The first-order chi connectivity index (χ1) is 16.3. The Kier molecular flexibility index (Phi) is 8.21. The second-order valence-electron chi connectivity index (χ2n) is 6.45. The highest BCUT2D eigenvalue weighted by atomic mass is 35.5. The summed E-state index contributed by atoms with van der Waals surface area (Å²) in [6.07, 6.45) is 1.08. The number of sulfonamides is 1. The summed E-state index contributed by atoms with van der Waals surface area (Å²) in [5.41, 5.74) is 0. The first-order valence-electron chi connectivity index (χ1n) is 9.67. The maximum atomic E-state index is 13.1. The Hall–Kier alpha value is -3.48. The van der Waals surface area contributed by atoms with E-state index in [1.54, 1.807) is 12.1 Å². The highest BCUT2D eigenvalue weighted by Gasteiger charge is 2.24. The van der Waals surface area contributed by atoms with E-state index in [-0.39, 0.29) is 52.1 Å². The molecule has 0 saturated heterocycles. The Morgan fingerprint density at radius 1 is 0.971 bits per heavy atom. The lowest BCUT2D eigenvalue weighted by molar-refractivity contribution is 0.192. The Balaban J connectivity index is 2.04. The number of aliphatic hydroxyl groups excluding tert-OH is 1. The minimum absolute atomic E-state index is 0.118. The maximum absolute atomic E-state index is 13.1. The summed E-state index contributed by atoms with van der Waals surface area (Å²) in [5.74, 6) is 0.650. The van der Waals surface area contributed by atoms with Gasteiger partial charge in [-0.1, -0.05) is 11.6 Å². The van der Waals surface area contributed by atoms with Crippen molar-refractivity contribution in [2.45, 2.75) is 4.90 Å². The molecule has 0 unspecified atom stereocenters. The van der Waals surface area contributed by atoms with E-state index in [4.69, 9.17) is 40.4 Å². The largest absolute Gasteiger partial charge is 0.497 e. The standard InChI is InChI=1S/C21H22ClN3O8S/c1-29-13-4-6-15(22)17(10-13)33-19-20(23-12-24-21(19)32-9-8-26)25-34(27,28)14-5-7-16(30-2)18(11-14)31-3/h4-7,10-12,26H,8-9H2,1-3H3,(H,23,24,25). The summed E-state index contributed by atoms with van der Waals surface area (Å²) >= 11 is 6.24. The molecule has 2 aromatic carbocycles. The van der Waals surface area contributed by atoms with Gasteiger partial charge in [0.05, 0.1) is 37.9 Å². The number of benzene rings is 2. The molecule has 34 heavy (non-hydrogen) atoms. The predicted octanol–water partition coefficient (Wildman–Crippen LogP) is 3.12. The summed E-state index contributed by atoms with van der Waals surface area (Å²) in [6.45, 7) is -0.433. The molecular formula is C21H22ClN3O8S. The first kappa shape index (κ1) is 25.1. The van der Waals surface area contributed by atoms with Crippen LogP contribution in [0, 0.1) is 0 Å². The molecular weight excluding hydrogens is 490 g/mol. The number of nitrogens with one attached hydrogen (secondary N) is 1. The second kappa shape index (κ2) is 11.1. The van der Waals surface area contributed by atoms with Gasteiger partial charge in [-0.05, 0) is 24.3 Å². The van der Waals surface area contributed by atoms with Crippen LogP contribution in [-0.2, 0) is 10.0 Å². The van der Waals surface area contributed by atoms with Gasteiger partial charge in [0.15, 0.2) is 17.3 Å². The molecule has 3 aromatic rings.